The Morgan fingerprint density at radius 1 is 1.04 bits per heavy atom. The molecule has 2 aromatic rings. The minimum atomic E-state index is -3.31. The van der Waals surface area contributed by atoms with Crippen molar-refractivity contribution >= 4 is 25.7 Å². The molecule has 1 aliphatic carbocycles. The number of aryl methyl sites for hydroxylation is 1. The van der Waals surface area contributed by atoms with Crippen molar-refractivity contribution in [1.29, 1.82) is 0 Å². The number of hydrogen-bond acceptors (Lipinski definition) is 4. The van der Waals surface area contributed by atoms with Gasteiger partial charge in [0.15, 0.2) is 0 Å². The summed E-state index contributed by atoms with van der Waals surface area (Å²) in [5.74, 6) is 0. The van der Waals surface area contributed by atoms with Crippen LogP contribution in [0.4, 0.5) is 5.69 Å². The molecule has 0 bridgehead atoms. The highest BCUT2D eigenvalue weighted by Crippen LogP contribution is 2.33. The first kappa shape index (κ1) is 20.8. The second-order valence-electron chi connectivity index (χ2n) is 7.59. The smallest absolute Gasteiger partial charge is 0.229 e. The monoisotopic (exact) mass is 422 g/mol. The van der Waals surface area contributed by atoms with Crippen molar-refractivity contribution in [2.24, 2.45) is 0 Å². The molecule has 3 rings (SSSR count). The first-order chi connectivity index (χ1) is 13.0. The van der Waals surface area contributed by atoms with Crippen LogP contribution in [0.15, 0.2) is 42.5 Å². The molecular formula is C20H26N2O4S2. The summed E-state index contributed by atoms with van der Waals surface area (Å²) in [5, 5.41) is -0.455. The summed E-state index contributed by atoms with van der Waals surface area (Å²) in [5.41, 5.74) is 4.87. The zero-order valence-electron chi connectivity index (χ0n) is 16.3. The van der Waals surface area contributed by atoms with Gasteiger partial charge in [-0.05, 0) is 67.5 Å². The summed E-state index contributed by atoms with van der Waals surface area (Å²) >= 11 is 0. The van der Waals surface area contributed by atoms with E-state index in [2.05, 4.69) is 15.5 Å². The Hall–Kier alpha value is -1.90. The molecule has 0 saturated heterocycles. The van der Waals surface area contributed by atoms with Crippen molar-refractivity contribution in [1.82, 2.24) is 4.72 Å². The number of sulfonamides is 2. The highest BCUT2D eigenvalue weighted by molar-refractivity contribution is 7.92. The molecule has 1 aliphatic rings. The lowest BCUT2D eigenvalue weighted by molar-refractivity contribution is 0.546. The average Bonchev–Trinajstić information content (AvgIpc) is 2.95. The lowest BCUT2D eigenvalue weighted by Gasteiger charge is -2.17. The molecule has 0 spiro atoms. The minimum absolute atomic E-state index is 0.168. The van der Waals surface area contributed by atoms with E-state index < -0.39 is 25.3 Å². The maximum atomic E-state index is 12.2. The Morgan fingerprint density at radius 3 is 2.43 bits per heavy atom. The van der Waals surface area contributed by atoms with Gasteiger partial charge < -0.3 is 0 Å². The largest absolute Gasteiger partial charge is 0.284 e. The van der Waals surface area contributed by atoms with Crippen LogP contribution in [0.2, 0.25) is 0 Å². The molecule has 0 amide bonds. The van der Waals surface area contributed by atoms with Gasteiger partial charge in [-0.2, -0.15) is 0 Å². The van der Waals surface area contributed by atoms with E-state index in [0.29, 0.717) is 12.1 Å². The Morgan fingerprint density at radius 2 is 1.75 bits per heavy atom. The Balaban J connectivity index is 1.76. The van der Waals surface area contributed by atoms with Crippen molar-refractivity contribution < 1.29 is 16.8 Å². The van der Waals surface area contributed by atoms with Crippen LogP contribution in [-0.4, -0.2) is 28.3 Å². The lowest BCUT2D eigenvalue weighted by atomic mass is 10.00. The molecule has 1 unspecified atom stereocenters. The summed E-state index contributed by atoms with van der Waals surface area (Å²) in [7, 11) is -6.62. The van der Waals surface area contributed by atoms with E-state index in [9.17, 15) is 16.8 Å². The molecule has 1 atom stereocenters. The number of hydrogen-bond donors (Lipinski definition) is 2. The molecule has 6 nitrogen and oxygen atoms in total. The van der Waals surface area contributed by atoms with E-state index in [1.54, 1.807) is 19.9 Å². The van der Waals surface area contributed by atoms with Crippen molar-refractivity contribution in [2.75, 3.05) is 11.0 Å². The van der Waals surface area contributed by atoms with Crippen molar-refractivity contribution in [2.45, 2.75) is 44.4 Å². The highest BCUT2D eigenvalue weighted by atomic mass is 32.2. The molecule has 28 heavy (non-hydrogen) atoms. The van der Waals surface area contributed by atoms with E-state index in [-0.39, 0.29) is 6.04 Å². The third kappa shape index (κ3) is 5.12. The van der Waals surface area contributed by atoms with Gasteiger partial charge in [0.25, 0.3) is 0 Å². The fraction of sp³-hybridized carbons (Fsp3) is 0.400. The zero-order valence-corrected chi connectivity index (χ0v) is 17.9. The second kappa shape index (κ2) is 7.85. The maximum absolute atomic E-state index is 12.2. The summed E-state index contributed by atoms with van der Waals surface area (Å²) in [6.45, 7) is 3.35. The van der Waals surface area contributed by atoms with Crippen molar-refractivity contribution in [3.63, 3.8) is 0 Å². The van der Waals surface area contributed by atoms with Crippen LogP contribution in [0.5, 0.6) is 0 Å². The summed E-state index contributed by atoms with van der Waals surface area (Å²) < 4.78 is 52.5. The van der Waals surface area contributed by atoms with Gasteiger partial charge >= 0.3 is 0 Å². The molecular weight excluding hydrogens is 396 g/mol. The molecule has 0 heterocycles. The number of fused-ring (bicyclic) bond motifs is 1. The maximum Gasteiger partial charge on any atom is 0.229 e. The van der Waals surface area contributed by atoms with E-state index in [4.69, 9.17) is 0 Å². The van der Waals surface area contributed by atoms with Crippen molar-refractivity contribution in [3.8, 4) is 0 Å². The molecule has 152 valence electrons. The molecule has 8 heteroatoms. The molecule has 0 radical (unpaired) electrons. The Labute approximate surface area is 167 Å². The normalized spacial score (nSPS) is 16.9. The summed E-state index contributed by atoms with van der Waals surface area (Å²) in [6, 6.07) is 13.3. The Bertz CT molecular complexity index is 1080. The van der Waals surface area contributed by atoms with E-state index in [0.717, 1.165) is 35.8 Å². The van der Waals surface area contributed by atoms with E-state index in [1.165, 1.54) is 5.56 Å². The topological polar surface area (TPSA) is 92.3 Å². The first-order valence-electron chi connectivity index (χ1n) is 9.23. The van der Waals surface area contributed by atoms with Gasteiger partial charge in [0, 0.05) is 11.7 Å². The lowest BCUT2D eigenvalue weighted by Crippen LogP contribution is -2.33. The standard InChI is InChI=1S/C20H26N2O4S2/c1-14(2)28(25,26)22-20-10-8-17-12-16(7-9-19(17)20)11-15-5-4-6-18(13-15)21-27(3,23)24/h4-7,9,12-14,20-22H,8,10-11H2,1-3H3. The fourth-order valence-electron chi connectivity index (χ4n) is 3.43. The molecule has 0 fully saturated rings. The third-order valence-electron chi connectivity index (χ3n) is 4.85. The molecule has 2 aromatic carbocycles. The molecule has 0 saturated carbocycles. The van der Waals surface area contributed by atoms with Crippen LogP contribution in [-0.2, 0) is 32.9 Å². The Kier molecular flexibility index (Phi) is 5.84. The van der Waals surface area contributed by atoms with Crippen LogP contribution in [0.1, 0.15) is 48.6 Å². The quantitative estimate of drug-likeness (QED) is 0.717. The van der Waals surface area contributed by atoms with Gasteiger partial charge in [-0.25, -0.2) is 21.6 Å². The van der Waals surface area contributed by atoms with Crippen LogP contribution in [0.3, 0.4) is 0 Å². The number of anilines is 1. The van der Waals surface area contributed by atoms with Crippen molar-refractivity contribution in [3.05, 3.63) is 64.7 Å². The predicted molar refractivity (Wildman–Crippen MR) is 112 cm³/mol. The SMILES string of the molecule is CC(C)S(=O)(=O)NC1CCc2cc(Cc3cccc(NS(C)(=O)=O)c3)ccc21. The van der Waals surface area contributed by atoms with Gasteiger partial charge in [-0.3, -0.25) is 4.72 Å². The van der Waals surface area contributed by atoms with Gasteiger partial charge in [-0.1, -0.05) is 30.3 Å². The highest BCUT2D eigenvalue weighted by Gasteiger charge is 2.28. The van der Waals surface area contributed by atoms with E-state index >= 15 is 0 Å². The number of rotatable bonds is 7. The van der Waals surface area contributed by atoms with Gasteiger partial charge in [0.1, 0.15) is 0 Å². The second-order valence-corrected chi connectivity index (χ2v) is 11.6. The number of benzene rings is 2. The molecule has 0 aliphatic heterocycles. The zero-order chi connectivity index (χ0) is 20.5. The average molecular weight is 423 g/mol. The predicted octanol–water partition coefficient (Wildman–Crippen LogP) is 2.96. The van der Waals surface area contributed by atoms with E-state index in [1.807, 2.05) is 30.3 Å². The third-order valence-corrected chi connectivity index (χ3v) is 7.31. The van der Waals surface area contributed by atoms with Crippen LogP contribution in [0, 0.1) is 0 Å². The first-order valence-corrected chi connectivity index (χ1v) is 12.7. The van der Waals surface area contributed by atoms with Gasteiger partial charge in [-0.15, -0.1) is 0 Å². The van der Waals surface area contributed by atoms with Crippen LogP contribution < -0.4 is 9.44 Å². The van der Waals surface area contributed by atoms with Crippen LogP contribution >= 0.6 is 0 Å². The fourth-order valence-corrected chi connectivity index (χ4v) is 4.90. The van der Waals surface area contributed by atoms with Gasteiger partial charge in [0.05, 0.1) is 11.5 Å². The summed E-state index contributed by atoms with van der Waals surface area (Å²) in [6.07, 6.45) is 3.40. The molecule has 0 aromatic heterocycles. The minimum Gasteiger partial charge on any atom is -0.284 e. The van der Waals surface area contributed by atoms with Gasteiger partial charge in [0.2, 0.25) is 20.0 Å². The van der Waals surface area contributed by atoms with Crippen LogP contribution in [0.25, 0.3) is 0 Å². The number of nitrogens with one attached hydrogen (secondary N) is 2. The summed E-state index contributed by atoms with van der Waals surface area (Å²) in [4.78, 5) is 0. The molecule has 2 N–H and O–H groups in total.